The first kappa shape index (κ1) is 21.3. The van der Waals surface area contributed by atoms with E-state index in [1.54, 1.807) is 49.7 Å². The number of rotatable bonds is 9. The Kier molecular flexibility index (Phi) is 6.49. The highest BCUT2D eigenvalue weighted by molar-refractivity contribution is 6.30. The predicted molar refractivity (Wildman–Crippen MR) is 119 cm³/mol. The first-order valence-corrected chi connectivity index (χ1v) is 10.5. The first-order chi connectivity index (χ1) is 15.0. The van der Waals surface area contributed by atoms with E-state index < -0.39 is 6.10 Å². The highest BCUT2D eigenvalue weighted by Gasteiger charge is 2.30. The summed E-state index contributed by atoms with van der Waals surface area (Å²) in [4.78, 5) is 12.6. The summed E-state index contributed by atoms with van der Waals surface area (Å²) in [5.41, 5.74) is 1.37. The average Bonchev–Trinajstić information content (AvgIpc) is 3.63. The van der Waals surface area contributed by atoms with E-state index >= 15 is 0 Å². The number of pyridine rings is 1. The molecule has 0 amide bonds. The van der Waals surface area contributed by atoms with Crippen molar-refractivity contribution in [3.05, 3.63) is 81.7 Å². The Hall–Kier alpha value is -2.96. The van der Waals surface area contributed by atoms with Gasteiger partial charge >= 0.3 is 0 Å². The van der Waals surface area contributed by atoms with E-state index in [0.717, 1.165) is 18.4 Å². The lowest BCUT2D eigenvalue weighted by Crippen LogP contribution is -2.20. The van der Waals surface area contributed by atoms with Crippen LogP contribution in [0.1, 0.15) is 18.4 Å². The number of benzene rings is 2. The molecule has 1 aliphatic rings. The summed E-state index contributed by atoms with van der Waals surface area (Å²) in [6.45, 7) is 0.563. The smallest absolute Gasteiger partial charge is 0.258 e. The van der Waals surface area contributed by atoms with Gasteiger partial charge in [-0.05, 0) is 54.7 Å². The predicted octanol–water partition coefficient (Wildman–Crippen LogP) is 4.23. The van der Waals surface area contributed by atoms with Gasteiger partial charge in [0.1, 0.15) is 19.0 Å². The number of nitrogens with zero attached hydrogens (tertiary/aromatic N) is 1. The van der Waals surface area contributed by atoms with Crippen molar-refractivity contribution in [3.8, 4) is 22.9 Å². The van der Waals surface area contributed by atoms with Crippen LogP contribution in [0.5, 0.6) is 17.2 Å². The molecule has 7 heteroatoms. The van der Waals surface area contributed by atoms with Crippen LogP contribution in [0.25, 0.3) is 5.69 Å². The van der Waals surface area contributed by atoms with Crippen LogP contribution in [0.3, 0.4) is 0 Å². The fraction of sp³-hybridized carbons (Fsp3) is 0.292. The van der Waals surface area contributed by atoms with Crippen LogP contribution in [0.2, 0.25) is 5.02 Å². The minimum atomic E-state index is -0.465. The number of hydrogen-bond donors (Lipinski definition) is 1. The lowest BCUT2D eigenvalue weighted by molar-refractivity contribution is 0.0880. The van der Waals surface area contributed by atoms with Gasteiger partial charge in [0.2, 0.25) is 0 Å². The summed E-state index contributed by atoms with van der Waals surface area (Å²) in [6.07, 6.45) is 3.28. The zero-order valence-electron chi connectivity index (χ0n) is 17.2. The largest absolute Gasteiger partial charge is 0.493 e. The maximum Gasteiger partial charge on any atom is 0.258 e. The van der Waals surface area contributed by atoms with E-state index in [-0.39, 0.29) is 12.2 Å². The molecular formula is C24H24ClNO5. The van der Waals surface area contributed by atoms with Crippen molar-refractivity contribution in [3.63, 3.8) is 0 Å². The van der Waals surface area contributed by atoms with Gasteiger partial charge in [0.25, 0.3) is 5.56 Å². The van der Waals surface area contributed by atoms with E-state index in [2.05, 4.69) is 0 Å². The normalized spacial score (nSPS) is 14.2. The molecule has 0 radical (unpaired) electrons. The van der Waals surface area contributed by atoms with Gasteiger partial charge in [0.05, 0.1) is 18.9 Å². The Bertz CT molecular complexity index is 1090. The molecule has 1 aromatic heterocycles. The van der Waals surface area contributed by atoms with E-state index in [1.165, 1.54) is 10.6 Å². The average molecular weight is 442 g/mol. The molecule has 1 atom stereocenters. The van der Waals surface area contributed by atoms with Gasteiger partial charge in [-0.1, -0.05) is 23.7 Å². The van der Waals surface area contributed by atoms with Crippen LogP contribution in [-0.2, 0) is 6.61 Å². The third kappa shape index (κ3) is 5.40. The van der Waals surface area contributed by atoms with Crippen LogP contribution in [0.15, 0.2) is 65.6 Å². The number of aliphatic hydroxyl groups is 1. The van der Waals surface area contributed by atoms with Crippen LogP contribution >= 0.6 is 11.6 Å². The molecular weight excluding hydrogens is 418 g/mol. The highest BCUT2D eigenvalue weighted by Crippen LogP contribution is 2.34. The molecule has 3 aromatic rings. The number of hydrogen-bond acceptors (Lipinski definition) is 5. The van der Waals surface area contributed by atoms with E-state index in [1.807, 2.05) is 12.1 Å². The van der Waals surface area contributed by atoms with Crippen LogP contribution < -0.4 is 19.8 Å². The molecule has 2 aromatic carbocycles. The molecule has 1 saturated carbocycles. The van der Waals surface area contributed by atoms with Gasteiger partial charge in [-0.3, -0.25) is 9.36 Å². The summed E-state index contributed by atoms with van der Waals surface area (Å²) in [7, 11) is 1.54. The second-order valence-corrected chi connectivity index (χ2v) is 7.97. The molecule has 0 saturated heterocycles. The van der Waals surface area contributed by atoms with Crippen LogP contribution in [-0.4, -0.2) is 29.5 Å². The van der Waals surface area contributed by atoms with Crippen molar-refractivity contribution in [2.24, 2.45) is 5.92 Å². The summed E-state index contributed by atoms with van der Waals surface area (Å²) in [5, 5.41) is 10.7. The lowest BCUT2D eigenvalue weighted by atomic mass is 10.2. The Morgan fingerprint density at radius 3 is 2.52 bits per heavy atom. The topological polar surface area (TPSA) is 69.9 Å². The Balaban J connectivity index is 1.45. The number of ether oxygens (including phenoxy) is 3. The molecule has 1 N–H and O–H groups in total. The Morgan fingerprint density at radius 2 is 1.84 bits per heavy atom. The molecule has 0 spiro atoms. The SMILES string of the molecule is COc1cc(-n2ccc(OCc3ccc(Cl)cc3)cc2=O)ccc1OC[C@H](O)C1CC1. The zero-order chi connectivity index (χ0) is 21.8. The summed E-state index contributed by atoms with van der Waals surface area (Å²) in [5.74, 6) is 1.85. The lowest BCUT2D eigenvalue weighted by Gasteiger charge is -2.15. The monoisotopic (exact) mass is 441 g/mol. The fourth-order valence-corrected chi connectivity index (χ4v) is 3.35. The number of methoxy groups -OCH3 is 1. The van der Waals surface area contributed by atoms with Crippen molar-refractivity contribution in [1.82, 2.24) is 4.57 Å². The molecule has 1 fully saturated rings. The molecule has 0 unspecified atom stereocenters. The molecule has 1 aliphatic carbocycles. The second kappa shape index (κ2) is 9.45. The van der Waals surface area contributed by atoms with Crippen molar-refractivity contribution in [2.45, 2.75) is 25.6 Å². The number of halogens is 1. The summed E-state index contributed by atoms with van der Waals surface area (Å²) < 4.78 is 18.4. The standard InChI is InChI=1S/C24H24ClNO5/c1-29-23-12-19(8-9-22(23)31-15-21(27)17-4-5-17)26-11-10-20(13-24(26)28)30-14-16-2-6-18(25)7-3-16/h2-3,6-13,17,21,27H,4-5,14-15H2,1H3/t21-/m0/s1. The van der Waals surface area contributed by atoms with Crippen molar-refractivity contribution >= 4 is 11.6 Å². The quantitative estimate of drug-likeness (QED) is 0.538. The Labute approximate surface area is 185 Å². The van der Waals surface area contributed by atoms with Gasteiger partial charge in [-0.25, -0.2) is 0 Å². The molecule has 6 nitrogen and oxygen atoms in total. The fourth-order valence-electron chi connectivity index (χ4n) is 3.23. The van der Waals surface area contributed by atoms with Gasteiger partial charge in [0.15, 0.2) is 11.5 Å². The van der Waals surface area contributed by atoms with Crippen molar-refractivity contribution in [2.75, 3.05) is 13.7 Å². The zero-order valence-corrected chi connectivity index (χ0v) is 17.9. The van der Waals surface area contributed by atoms with Crippen LogP contribution in [0, 0.1) is 5.92 Å². The highest BCUT2D eigenvalue weighted by atomic mass is 35.5. The van der Waals surface area contributed by atoms with E-state index in [0.29, 0.717) is 40.5 Å². The summed E-state index contributed by atoms with van der Waals surface area (Å²) >= 11 is 5.89. The van der Waals surface area contributed by atoms with Crippen molar-refractivity contribution in [1.29, 1.82) is 0 Å². The first-order valence-electron chi connectivity index (χ1n) is 10.1. The maximum atomic E-state index is 12.6. The number of aromatic nitrogens is 1. The van der Waals surface area contributed by atoms with Gasteiger partial charge in [-0.2, -0.15) is 0 Å². The molecule has 1 heterocycles. The van der Waals surface area contributed by atoms with Crippen LogP contribution in [0.4, 0.5) is 0 Å². The van der Waals surface area contributed by atoms with Crippen molar-refractivity contribution < 1.29 is 19.3 Å². The molecule has 4 rings (SSSR count). The molecule has 0 aliphatic heterocycles. The number of aliphatic hydroxyl groups excluding tert-OH is 1. The third-order valence-corrected chi connectivity index (χ3v) is 5.46. The minimum absolute atomic E-state index is 0.222. The second-order valence-electron chi connectivity index (χ2n) is 7.54. The molecule has 162 valence electrons. The van der Waals surface area contributed by atoms with Gasteiger partial charge in [-0.15, -0.1) is 0 Å². The van der Waals surface area contributed by atoms with Gasteiger partial charge in [0, 0.05) is 23.4 Å². The van der Waals surface area contributed by atoms with E-state index in [4.69, 9.17) is 25.8 Å². The third-order valence-electron chi connectivity index (χ3n) is 5.21. The Morgan fingerprint density at radius 1 is 1.06 bits per heavy atom. The minimum Gasteiger partial charge on any atom is -0.493 e. The summed E-state index contributed by atoms with van der Waals surface area (Å²) in [6, 6.07) is 15.8. The van der Waals surface area contributed by atoms with E-state index in [9.17, 15) is 9.90 Å². The molecule has 31 heavy (non-hydrogen) atoms. The molecule has 0 bridgehead atoms. The van der Waals surface area contributed by atoms with Gasteiger partial charge < -0.3 is 19.3 Å². The maximum absolute atomic E-state index is 12.6.